The number of ether oxygens (including phenoxy) is 1. The third-order valence-corrected chi connectivity index (χ3v) is 3.13. The van der Waals surface area contributed by atoms with Crippen LogP contribution in [0.2, 0.25) is 0 Å². The Balaban J connectivity index is 2.06. The summed E-state index contributed by atoms with van der Waals surface area (Å²) in [6.07, 6.45) is 0. The maximum atomic E-state index is 5.21. The summed E-state index contributed by atoms with van der Waals surface area (Å²) in [4.78, 5) is 0. The van der Waals surface area contributed by atoms with Crippen LogP contribution in [-0.4, -0.2) is 19.8 Å². The van der Waals surface area contributed by atoms with E-state index in [1.807, 2.05) is 6.92 Å². The minimum Gasteiger partial charge on any atom is -0.380 e. The lowest BCUT2D eigenvalue weighted by molar-refractivity contribution is 0.149. The van der Waals surface area contributed by atoms with Crippen molar-refractivity contribution in [2.75, 3.05) is 19.8 Å². The van der Waals surface area contributed by atoms with Crippen LogP contribution in [0.15, 0.2) is 15.2 Å². The Hall–Kier alpha value is 0.100. The molecule has 13 heavy (non-hydrogen) atoms. The summed E-state index contributed by atoms with van der Waals surface area (Å²) < 4.78 is 6.40. The van der Waals surface area contributed by atoms with Crippen LogP contribution in [0, 0.1) is 0 Å². The van der Waals surface area contributed by atoms with E-state index < -0.39 is 0 Å². The molecule has 0 atom stereocenters. The minimum atomic E-state index is 0.793. The predicted octanol–water partition coefficient (Wildman–Crippen LogP) is 2.64. The fourth-order valence-electron chi connectivity index (χ4n) is 0.960. The molecular formula is C9H14BrNOS. The van der Waals surface area contributed by atoms with Crippen molar-refractivity contribution in [1.29, 1.82) is 0 Å². The van der Waals surface area contributed by atoms with Gasteiger partial charge in [0.15, 0.2) is 0 Å². The van der Waals surface area contributed by atoms with Crippen LogP contribution in [-0.2, 0) is 11.3 Å². The maximum absolute atomic E-state index is 5.21. The smallest absolute Gasteiger partial charge is 0.0701 e. The van der Waals surface area contributed by atoms with Crippen LogP contribution >= 0.6 is 27.3 Å². The number of thiophene rings is 1. The molecule has 0 bridgehead atoms. The van der Waals surface area contributed by atoms with Gasteiger partial charge in [-0.25, -0.2) is 0 Å². The average Bonchev–Trinajstić information content (AvgIpc) is 2.51. The van der Waals surface area contributed by atoms with Crippen molar-refractivity contribution in [2.45, 2.75) is 13.5 Å². The second kappa shape index (κ2) is 6.54. The predicted molar refractivity (Wildman–Crippen MR) is 60.2 cm³/mol. The van der Waals surface area contributed by atoms with Crippen LogP contribution in [0.1, 0.15) is 12.5 Å². The van der Waals surface area contributed by atoms with E-state index >= 15 is 0 Å². The highest BCUT2D eigenvalue weighted by Gasteiger charge is 1.95. The van der Waals surface area contributed by atoms with E-state index in [1.165, 1.54) is 9.35 Å². The first-order valence-electron chi connectivity index (χ1n) is 4.34. The van der Waals surface area contributed by atoms with Gasteiger partial charge in [-0.3, -0.25) is 0 Å². The molecule has 0 spiro atoms. The minimum absolute atomic E-state index is 0.793. The number of halogens is 1. The van der Waals surface area contributed by atoms with E-state index in [9.17, 15) is 0 Å². The molecule has 1 N–H and O–H groups in total. The number of nitrogens with one attached hydrogen (secondary N) is 1. The fraction of sp³-hybridized carbons (Fsp3) is 0.556. The van der Waals surface area contributed by atoms with Gasteiger partial charge in [-0.15, -0.1) is 11.3 Å². The monoisotopic (exact) mass is 263 g/mol. The molecule has 4 heteroatoms. The zero-order valence-corrected chi connectivity index (χ0v) is 10.1. The number of hydrogen-bond donors (Lipinski definition) is 1. The first-order valence-corrected chi connectivity index (χ1v) is 6.01. The molecule has 0 saturated carbocycles. The van der Waals surface area contributed by atoms with Gasteiger partial charge in [0, 0.05) is 19.7 Å². The van der Waals surface area contributed by atoms with Gasteiger partial charge >= 0.3 is 0 Å². The van der Waals surface area contributed by atoms with Gasteiger partial charge in [0.25, 0.3) is 0 Å². The highest BCUT2D eigenvalue weighted by molar-refractivity contribution is 9.11. The standard InChI is InChI=1S/C9H14BrNOS/c1-2-12-4-3-11-6-8-5-9(10)13-7-8/h5,7,11H,2-4,6H2,1H3. The molecule has 0 saturated heterocycles. The van der Waals surface area contributed by atoms with E-state index in [2.05, 4.69) is 32.7 Å². The molecule has 1 rings (SSSR count). The zero-order valence-electron chi connectivity index (χ0n) is 7.68. The van der Waals surface area contributed by atoms with Gasteiger partial charge in [-0.1, -0.05) is 0 Å². The average molecular weight is 264 g/mol. The van der Waals surface area contributed by atoms with Crippen molar-refractivity contribution in [3.8, 4) is 0 Å². The first-order chi connectivity index (χ1) is 6.33. The fourth-order valence-corrected chi connectivity index (χ4v) is 2.17. The van der Waals surface area contributed by atoms with Crippen molar-refractivity contribution in [3.05, 3.63) is 20.8 Å². The number of hydrogen-bond acceptors (Lipinski definition) is 3. The molecule has 0 unspecified atom stereocenters. The summed E-state index contributed by atoms with van der Waals surface area (Å²) in [7, 11) is 0. The molecule has 1 aromatic heterocycles. The van der Waals surface area contributed by atoms with Crippen molar-refractivity contribution in [2.24, 2.45) is 0 Å². The van der Waals surface area contributed by atoms with Crippen LogP contribution in [0.3, 0.4) is 0 Å². The van der Waals surface area contributed by atoms with Gasteiger partial charge in [0.1, 0.15) is 0 Å². The summed E-state index contributed by atoms with van der Waals surface area (Å²) in [6.45, 7) is 5.44. The maximum Gasteiger partial charge on any atom is 0.0701 e. The molecule has 74 valence electrons. The van der Waals surface area contributed by atoms with E-state index in [-0.39, 0.29) is 0 Å². The number of rotatable bonds is 6. The molecule has 0 amide bonds. The Morgan fingerprint density at radius 2 is 2.46 bits per heavy atom. The molecular weight excluding hydrogens is 250 g/mol. The Morgan fingerprint density at radius 3 is 3.08 bits per heavy atom. The topological polar surface area (TPSA) is 21.3 Å². The first kappa shape index (κ1) is 11.2. The molecule has 1 heterocycles. The molecule has 1 aromatic rings. The third-order valence-electron chi connectivity index (χ3n) is 1.58. The van der Waals surface area contributed by atoms with Gasteiger partial charge < -0.3 is 10.1 Å². The van der Waals surface area contributed by atoms with Gasteiger partial charge in [0.05, 0.1) is 10.4 Å². The summed E-state index contributed by atoms with van der Waals surface area (Å²) in [5.41, 5.74) is 1.33. The lowest BCUT2D eigenvalue weighted by atomic mass is 10.3. The summed E-state index contributed by atoms with van der Waals surface area (Å²) in [5, 5.41) is 5.46. The second-order valence-corrected chi connectivity index (χ2v) is 4.92. The van der Waals surface area contributed by atoms with Crippen LogP contribution in [0.5, 0.6) is 0 Å². The van der Waals surface area contributed by atoms with Crippen molar-refractivity contribution >= 4 is 27.3 Å². The zero-order chi connectivity index (χ0) is 9.52. The molecule has 0 fully saturated rings. The summed E-state index contributed by atoms with van der Waals surface area (Å²) >= 11 is 5.15. The van der Waals surface area contributed by atoms with Gasteiger partial charge in [-0.2, -0.15) is 0 Å². The Bertz CT molecular complexity index is 239. The highest BCUT2D eigenvalue weighted by Crippen LogP contribution is 2.20. The van der Waals surface area contributed by atoms with E-state index in [0.717, 1.165) is 26.3 Å². The van der Waals surface area contributed by atoms with Gasteiger partial charge in [-0.05, 0) is 39.9 Å². The molecule has 0 radical (unpaired) electrons. The second-order valence-electron chi connectivity index (χ2n) is 2.63. The Labute approximate surface area is 91.4 Å². The van der Waals surface area contributed by atoms with Crippen molar-refractivity contribution in [3.63, 3.8) is 0 Å². The molecule has 0 aliphatic heterocycles. The SMILES string of the molecule is CCOCCNCc1csc(Br)c1. The quantitative estimate of drug-likeness (QED) is 0.797. The third kappa shape index (κ3) is 4.76. The Kier molecular flexibility index (Phi) is 5.62. The van der Waals surface area contributed by atoms with Crippen molar-refractivity contribution < 1.29 is 4.74 Å². The molecule has 0 aliphatic carbocycles. The van der Waals surface area contributed by atoms with E-state index in [0.29, 0.717) is 0 Å². The summed E-state index contributed by atoms with van der Waals surface area (Å²) in [5.74, 6) is 0. The van der Waals surface area contributed by atoms with Gasteiger partial charge in [0.2, 0.25) is 0 Å². The lowest BCUT2D eigenvalue weighted by Crippen LogP contribution is -2.18. The lowest BCUT2D eigenvalue weighted by Gasteiger charge is -2.02. The summed E-state index contributed by atoms with van der Waals surface area (Å²) in [6, 6.07) is 2.14. The Morgan fingerprint density at radius 1 is 1.62 bits per heavy atom. The van der Waals surface area contributed by atoms with Crippen LogP contribution in [0.25, 0.3) is 0 Å². The molecule has 0 aliphatic rings. The molecule has 0 aromatic carbocycles. The van der Waals surface area contributed by atoms with E-state index in [1.54, 1.807) is 11.3 Å². The van der Waals surface area contributed by atoms with Crippen molar-refractivity contribution in [1.82, 2.24) is 5.32 Å². The van der Waals surface area contributed by atoms with E-state index in [4.69, 9.17) is 4.74 Å². The highest BCUT2D eigenvalue weighted by atomic mass is 79.9. The normalized spacial score (nSPS) is 10.6. The van der Waals surface area contributed by atoms with Crippen LogP contribution in [0.4, 0.5) is 0 Å². The largest absolute Gasteiger partial charge is 0.380 e. The molecule has 2 nitrogen and oxygen atoms in total. The van der Waals surface area contributed by atoms with Crippen LogP contribution < -0.4 is 5.32 Å².